The zero-order valence-corrected chi connectivity index (χ0v) is 16.3. The van der Waals surface area contributed by atoms with Crippen molar-refractivity contribution in [2.24, 2.45) is 0 Å². The van der Waals surface area contributed by atoms with E-state index < -0.39 is 24.6 Å². The van der Waals surface area contributed by atoms with Crippen molar-refractivity contribution in [3.05, 3.63) is 52.8 Å². The zero-order valence-electron chi connectivity index (χ0n) is 15.5. The highest BCUT2D eigenvalue weighted by atomic mass is 32.2. The summed E-state index contributed by atoms with van der Waals surface area (Å²) in [7, 11) is 0. The largest absolute Gasteiger partial charge is 0.452 e. The number of hydrogen-bond donors (Lipinski definition) is 0. The number of carbonyl (C=O) groups excluding carboxylic acids is 3. The van der Waals surface area contributed by atoms with E-state index in [4.69, 9.17) is 9.47 Å². The van der Waals surface area contributed by atoms with Crippen LogP contribution in [0.15, 0.2) is 35.5 Å². The summed E-state index contributed by atoms with van der Waals surface area (Å²) in [4.78, 5) is 45.5. The van der Waals surface area contributed by atoms with Crippen molar-refractivity contribution >= 4 is 29.7 Å². The van der Waals surface area contributed by atoms with Crippen LogP contribution in [-0.2, 0) is 20.0 Å². The van der Waals surface area contributed by atoms with Crippen molar-refractivity contribution in [1.29, 1.82) is 0 Å². The summed E-state index contributed by atoms with van der Waals surface area (Å²) >= 11 is 1.41. The first-order valence-electron chi connectivity index (χ1n) is 8.61. The van der Waals surface area contributed by atoms with E-state index in [1.807, 2.05) is 32.0 Å². The number of carbonyl (C=O) groups is 3. The number of imide groups is 1. The van der Waals surface area contributed by atoms with Gasteiger partial charge in [-0.3, -0.25) is 4.79 Å². The second-order valence-corrected chi connectivity index (χ2v) is 7.06. The second kappa shape index (κ2) is 8.83. The Bertz CT molecular complexity index is 898. The van der Waals surface area contributed by atoms with Crippen LogP contribution in [0, 0.1) is 13.8 Å². The summed E-state index contributed by atoms with van der Waals surface area (Å²) in [5, 5.41) is 0.628. The molecule has 2 heterocycles. The minimum Gasteiger partial charge on any atom is -0.452 e. The molecule has 0 saturated carbocycles. The van der Waals surface area contributed by atoms with Gasteiger partial charge in [-0.15, -0.1) is 0 Å². The van der Waals surface area contributed by atoms with E-state index in [0.717, 1.165) is 21.9 Å². The van der Waals surface area contributed by atoms with Crippen molar-refractivity contribution in [3.8, 4) is 0 Å². The number of nitrogens with zero attached hydrogens (tertiary/aromatic N) is 3. The molecule has 146 valence electrons. The summed E-state index contributed by atoms with van der Waals surface area (Å²) in [6.07, 6.45) is -0.716. The number of aryl methyl sites for hydroxylation is 2. The summed E-state index contributed by atoms with van der Waals surface area (Å²) in [5.74, 6) is -0.759. The van der Waals surface area contributed by atoms with Gasteiger partial charge in [0.25, 0.3) is 5.91 Å². The highest BCUT2D eigenvalue weighted by Gasteiger charge is 2.29. The topological polar surface area (TPSA) is 98.7 Å². The average molecular weight is 401 g/mol. The molecule has 28 heavy (non-hydrogen) atoms. The lowest BCUT2D eigenvalue weighted by Gasteiger charge is -2.12. The first-order chi connectivity index (χ1) is 13.4. The third-order valence-electron chi connectivity index (χ3n) is 3.94. The maximum absolute atomic E-state index is 12.4. The maximum atomic E-state index is 12.4. The Morgan fingerprint density at radius 1 is 1.21 bits per heavy atom. The van der Waals surface area contributed by atoms with E-state index in [-0.39, 0.29) is 13.2 Å². The van der Waals surface area contributed by atoms with Crippen molar-refractivity contribution in [3.63, 3.8) is 0 Å². The number of aromatic nitrogens is 2. The fraction of sp³-hybridized carbons (Fsp3) is 0.316. The molecule has 0 N–H and O–H groups in total. The lowest BCUT2D eigenvalue weighted by molar-refractivity contribution is -0.131. The SMILES string of the molecule is Cc1cc(C)nc(SCc2ccccc2C(=O)OCC(=O)N2CCOC2=O)n1. The van der Waals surface area contributed by atoms with Gasteiger partial charge in [0.05, 0.1) is 12.1 Å². The molecule has 2 amide bonds. The van der Waals surface area contributed by atoms with E-state index in [2.05, 4.69) is 9.97 Å². The molecule has 0 atom stereocenters. The first-order valence-corrected chi connectivity index (χ1v) is 9.60. The minimum atomic E-state index is -0.716. The van der Waals surface area contributed by atoms with Crippen LogP contribution in [0.1, 0.15) is 27.3 Å². The number of thioether (sulfide) groups is 1. The molecule has 1 aromatic carbocycles. The van der Waals surface area contributed by atoms with E-state index >= 15 is 0 Å². The standard InChI is InChI=1S/C19H19N3O5S/c1-12-9-13(2)21-18(20-12)28-11-14-5-3-4-6-15(14)17(24)27-10-16(23)22-7-8-26-19(22)25/h3-6,9H,7-8,10-11H2,1-2H3. The molecular weight excluding hydrogens is 382 g/mol. The molecule has 1 fully saturated rings. The van der Waals surface area contributed by atoms with Crippen LogP contribution < -0.4 is 0 Å². The number of cyclic esters (lactones) is 1. The lowest BCUT2D eigenvalue weighted by Crippen LogP contribution is -2.35. The third-order valence-corrected chi connectivity index (χ3v) is 4.84. The van der Waals surface area contributed by atoms with Gasteiger partial charge in [-0.05, 0) is 31.5 Å². The zero-order chi connectivity index (χ0) is 20.1. The van der Waals surface area contributed by atoms with Crippen molar-refractivity contribution in [2.75, 3.05) is 19.8 Å². The van der Waals surface area contributed by atoms with Crippen LogP contribution >= 0.6 is 11.8 Å². The maximum Gasteiger partial charge on any atom is 0.416 e. The van der Waals surface area contributed by atoms with Crippen LogP contribution in [0.5, 0.6) is 0 Å². The second-order valence-electron chi connectivity index (χ2n) is 6.11. The summed E-state index contributed by atoms with van der Waals surface area (Å²) in [5.41, 5.74) is 2.85. The van der Waals surface area contributed by atoms with Crippen LogP contribution in [0.4, 0.5) is 4.79 Å². The van der Waals surface area contributed by atoms with E-state index in [1.165, 1.54) is 11.8 Å². The molecule has 0 unspecified atom stereocenters. The lowest BCUT2D eigenvalue weighted by atomic mass is 10.1. The summed E-state index contributed by atoms with van der Waals surface area (Å²) < 4.78 is 9.80. The Hall–Kier alpha value is -2.94. The van der Waals surface area contributed by atoms with Crippen molar-refractivity contribution < 1.29 is 23.9 Å². The van der Waals surface area contributed by atoms with Gasteiger partial charge >= 0.3 is 12.1 Å². The van der Waals surface area contributed by atoms with Gasteiger partial charge in [-0.2, -0.15) is 0 Å². The molecule has 8 nitrogen and oxygen atoms in total. The highest BCUT2D eigenvalue weighted by Crippen LogP contribution is 2.23. The number of esters is 1. The molecule has 1 saturated heterocycles. The van der Waals surface area contributed by atoms with Gasteiger partial charge in [0.1, 0.15) is 6.61 Å². The third kappa shape index (κ3) is 4.86. The summed E-state index contributed by atoms with van der Waals surface area (Å²) in [6, 6.07) is 8.88. The Kier molecular flexibility index (Phi) is 6.25. The molecule has 0 spiro atoms. The molecule has 1 aliphatic heterocycles. The van der Waals surface area contributed by atoms with Crippen LogP contribution in [0.2, 0.25) is 0 Å². The Morgan fingerprint density at radius 3 is 2.61 bits per heavy atom. The molecule has 1 aliphatic rings. The van der Waals surface area contributed by atoms with Crippen LogP contribution in [0.3, 0.4) is 0 Å². The van der Waals surface area contributed by atoms with E-state index in [0.29, 0.717) is 16.5 Å². The van der Waals surface area contributed by atoms with Crippen molar-refractivity contribution in [1.82, 2.24) is 14.9 Å². The molecule has 0 aliphatic carbocycles. The normalized spacial score (nSPS) is 13.4. The average Bonchev–Trinajstić information content (AvgIpc) is 3.09. The van der Waals surface area contributed by atoms with Gasteiger partial charge in [-0.1, -0.05) is 30.0 Å². The Labute approximate surface area is 166 Å². The molecule has 9 heteroatoms. The molecule has 0 bridgehead atoms. The number of ether oxygens (including phenoxy) is 2. The smallest absolute Gasteiger partial charge is 0.416 e. The first kappa shape index (κ1) is 19.8. The fourth-order valence-electron chi connectivity index (χ4n) is 2.65. The Balaban J connectivity index is 1.63. The number of rotatable bonds is 6. The number of benzene rings is 1. The van der Waals surface area contributed by atoms with Crippen LogP contribution in [-0.4, -0.2) is 52.6 Å². The van der Waals surface area contributed by atoms with Gasteiger partial charge < -0.3 is 9.47 Å². The van der Waals surface area contributed by atoms with Crippen LogP contribution in [0.25, 0.3) is 0 Å². The molecule has 3 rings (SSSR count). The van der Waals surface area contributed by atoms with Gasteiger partial charge in [0, 0.05) is 17.1 Å². The van der Waals surface area contributed by atoms with Gasteiger partial charge in [0.2, 0.25) is 0 Å². The quantitative estimate of drug-likeness (QED) is 0.414. The molecule has 0 radical (unpaired) electrons. The summed E-state index contributed by atoms with van der Waals surface area (Å²) in [6.45, 7) is 3.60. The minimum absolute atomic E-state index is 0.152. The predicted molar refractivity (Wildman–Crippen MR) is 101 cm³/mol. The predicted octanol–water partition coefficient (Wildman–Crippen LogP) is 2.52. The fourth-order valence-corrected chi connectivity index (χ4v) is 3.60. The highest BCUT2D eigenvalue weighted by molar-refractivity contribution is 7.98. The Morgan fingerprint density at radius 2 is 1.93 bits per heavy atom. The van der Waals surface area contributed by atoms with Gasteiger partial charge in [-0.25, -0.2) is 24.5 Å². The number of hydrogen-bond acceptors (Lipinski definition) is 8. The monoisotopic (exact) mass is 401 g/mol. The van der Waals surface area contributed by atoms with Gasteiger partial charge in [0.15, 0.2) is 11.8 Å². The van der Waals surface area contributed by atoms with Crippen molar-refractivity contribution in [2.45, 2.75) is 24.8 Å². The van der Waals surface area contributed by atoms with E-state index in [9.17, 15) is 14.4 Å². The molecule has 2 aromatic rings. The molecule has 1 aromatic heterocycles. The van der Waals surface area contributed by atoms with E-state index in [1.54, 1.807) is 12.1 Å². The molecular formula is C19H19N3O5S. The number of amides is 2.